The SMILES string of the molecule is C=C(CC)C(=O)N1CCC(c2cccc(C(=O)NC(C(C)=O)C3CCCCC3)c2F)CC1. The number of rotatable bonds is 7. The van der Waals surface area contributed by atoms with Crippen molar-refractivity contribution in [1.29, 1.82) is 0 Å². The normalized spacial score (nSPS) is 18.8. The molecule has 1 heterocycles. The lowest BCUT2D eigenvalue weighted by Gasteiger charge is -2.33. The molecule has 174 valence electrons. The van der Waals surface area contributed by atoms with Gasteiger partial charge in [-0.2, -0.15) is 0 Å². The van der Waals surface area contributed by atoms with Crippen LogP contribution in [0, 0.1) is 11.7 Å². The molecule has 1 N–H and O–H groups in total. The van der Waals surface area contributed by atoms with E-state index in [1.54, 1.807) is 17.0 Å². The number of carbonyl (C=O) groups is 3. The summed E-state index contributed by atoms with van der Waals surface area (Å²) in [5.74, 6) is -1.08. The van der Waals surface area contributed by atoms with Gasteiger partial charge in [-0.25, -0.2) is 4.39 Å². The monoisotopic (exact) mass is 442 g/mol. The van der Waals surface area contributed by atoms with Crippen LogP contribution in [0.1, 0.15) is 87.1 Å². The summed E-state index contributed by atoms with van der Waals surface area (Å²) in [7, 11) is 0. The van der Waals surface area contributed by atoms with E-state index in [1.807, 2.05) is 6.92 Å². The van der Waals surface area contributed by atoms with E-state index in [0.29, 0.717) is 43.5 Å². The van der Waals surface area contributed by atoms with Gasteiger partial charge in [0, 0.05) is 18.7 Å². The minimum atomic E-state index is -0.563. The summed E-state index contributed by atoms with van der Waals surface area (Å²) < 4.78 is 15.4. The molecule has 1 saturated carbocycles. The standard InChI is InChI=1S/C26H35FN2O3/c1-4-17(2)26(32)29-15-13-19(14-16-29)21-11-8-12-22(23(21)27)25(31)28-24(18(3)30)20-9-6-5-7-10-20/h8,11-12,19-20,24H,2,4-7,9-10,13-16H2,1,3H3,(H,28,31). The van der Waals surface area contributed by atoms with Crippen LogP contribution in [0.25, 0.3) is 0 Å². The highest BCUT2D eigenvalue weighted by molar-refractivity contribution is 5.98. The molecule has 0 aromatic heterocycles. The molecule has 5 nitrogen and oxygen atoms in total. The minimum Gasteiger partial charge on any atom is -0.342 e. The van der Waals surface area contributed by atoms with E-state index >= 15 is 4.39 Å². The zero-order valence-electron chi connectivity index (χ0n) is 19.3. The molecule has 1 aromatic carbocycles. The van der Waals surface area contributed by atoms with Crippen LogP contribution in [0.3, 0.4) is 0 Å². The molecule has 0 radical (unpaired) electrons. The Hall–Kier alpha value is -2.50. The fourth-order valence-corrected chi connectivity index (χ4v) is 5.05. The van der Waals surface area contributed by atoms with Crippen molar-refractivity contribution in [2.45, 2.75) is 77.2 Å². The molecule has 1 aromatic rings. The van der Waals surface area contributed by atoms with E-state index in [2.05, 4.69) is 11.9 Å². The second-order valence-corrected chi connectivity index (χ2v) is 9.19. The largest absolute Gasteiger partial charge is 0.342 e. The average molecular weight is 443 g/mol. The van der Waals surface area contributed by atoms with Gasteiger partial charge in [-0.1, -0.05) is 44.9 Å². The summed E-state index contributed by atoms with van der Waals surface area (Å²) in [6.45, 7) is 8.32. The predicted octanol–water partition coefficient (Wildman–Crippen LogP) is 4.77. The van der Waals surface area contributed by atoms with Crippen molar-refractivity contribution in [2.24, 2.45) is 5.92 Å². The highest BCUT2D eigenvalue weighted by Gasteiger charge is 2.31. The van der Waals surface area contributed by atoms with Crippen molar-refractivity contribution in [3.05, 3.63) is 47.3 Å². The van der Waals surface area contributed by atoms with Gasteiger partial charge in [0.1, 0.15) is 5.82 Å². The highest BCUT2D eigenvalue weighted by Crippen LogP contribution is 2.32. The molecule has 1 aliphatic heterocycles. The summed E-state index contributed by atoms with van der Waals surface area (Å²) in [6.07, 6.45) is 6.99. The molecule has 3 rings (SSSR count). The zero-order valence-corrected chi connectivity index (χ0v) is 19.3. The minimum absolute atomic E-state index is 0.0116. The number of nitrogens with zero attached hydrogens (tertiary/aromatic N) is 1. The summed E-state index contributed by atoms with van der Waals surface area (Å²) in [6, 6.07) is 4.35. The van der Waals surface area contributed by atoms with Crippen LogP contribution in [0.4, 0.5) is 4.39 Å². The third-order valence-electron chi connectivity index (χ3n) is 7.07. The Labute approximate surface area is 190 Å². The molecule has 0 bridgehead atoms. The number of hydrogen-bond acceptors (Lipinski definition) is 3. The number of Topliss-reactive ketones (excluding diaryl/α,β-unsaturated/α-hetero) is 1. The van der Waals surface area contributed by atoms with Gasteiger partial charge in [-0.15, -0.1) is 0 Å². The van der Waals surface area contributed by atoms with Crippen LogP contribution < -0.4 is 5.32 Å². The van der Waals surface area contributed by atoms with Gasteiger partial charge in [0.15, 0.2) is 5.78 Å². The molecule has 0 spiro atoms. The van der Waals surface area contributed by atoms with Crippen LogP contribution in [0.2, 0.25) is 0 Å². The molecular formula is C26H35FN2O3. The fourth-order valence-electron chi connectivity index (χ4n) is 5.05. The molecular weight excluding hydrogens is 407 g/mol. The summed E-state index contributed by atoms with van der Waals surface area (Å²) >= 11 is 0. The molecule has 6 heteroatoms. The molecule has 2 fully saturated rings. The number of hydrogen-bond donors (Lipinski definition) is 1. The lowest BCUT2D eigenvalue weighted by Crippen LogP contribution is -2.46. The maximum atomic E-state index is 15.4. The third kappa shape index (κ3) is 5.45. The lowest BCUT2D eigenvalue weighted by atomic mass is 9.82. The number of benzene rings is 1. The Bertz CT molecular complexity index is 868. The maximum absolute atomic E-state index is 15.4. The van der Waals surface area contributed by atoms with Crippen LogP contribution in [0.5, 0.6) is 0 Å². The predicted molar refractivity (Wildman–Crippen MR) is 123 cm³/mol. The number of likely N-dealkylation sites (tertiary alicyclic amines) is 1. The van der Waals surface area contributed by atoms with Gasteiger partial charge < -0.3 is 10.2 Å². The van der Waals surface area contributed by atoms with Gasteiger partial charge in [-0.05, 0) is 62.5 Å². The number of nitrogens with one attached hydrogen (secondary N) is 1. The molecule has 2 aliphatic rings. The van der Waals surface area contributed by atoms with Gasteiger partial charge in [0.05, 0.1) is 11.6 Å². The third-order valence-corrected chi connectivity index (χ3v) is 7.07. The molecule has 1 saturated heterocycles. The summed E-state index contributed by atoms with van der Waals surface area (Å²) in [5.41, 5.74) is 1.09. The second kappa shape index (κ2) is 10.9. The molecule has 1 aliphatic carbocycles. The van der Waals surface area contributed by atoms with E-state index in [-0.39, 0.29) is 29.1 Å². The number of halogens is 1. The molecule has 1 unspecified atom stereocenters. The van der Waals surface area contributed by atoms with E-state index < -0.39 is 17.8 Å². The van der Waals surface area contributed by atoms with Crippen molar-refractivity contribution in [1.82, 2.24) is 10.2 Å². The Morgan fingerprint density at radius 2 is 1.78 bits per heavy atom. The first-order valence-corrected chi connectivity index (χ1v) is 11.9. The lowest BCUT2D eigenvalue weighted by molar-refractivity contribution is -0.128. The Morgan fingerprint density at radius 3 is 2.38 bits per heavy atom. The maximum Gasteiger partial charge on any atom is 0.254 e. The summed E-state index contributed by atoms with van der Waals surface area (Å²) in [4.78, 5) is 39.3. The molecule has 1 atom stereocenters. The average Bonchev–Trinajstić information content (AvgIpc) is 2.82. The first-order chi connectivity index (χ1) is 15.3. The first-order valence-electron chi connectivity index (χ1n) is 11.9. The first kappa shape index (κ1) is 24.1. The van der Waals surface area contributed by atoms with E-state index in [4.69, 9.17) is 0 Å². The van der Waals surface area contributed by atoms with Crippen LogP contribution in [-0.2, 0) is 9.59 Å². The van der Waals surface area contributed by atoms with Crippen molar-refractivity contribution in [2.75, 3.05) is 13.1 Å². The summed E-state index contributed by atoms with van der Waals surface area (Å²) in [5, 5.41) is 2.82. The number of carbonyl (C=O) groups excluding carboxylic acids is 3. The van der Waals surface area contributed by atoms with E-state index in [9.17, 15) is 14.4 Å². The van der Waals surface area contributed by atoms with Crippen molar-refractivity contribution < 1.29 is 18.8 Å². The van der Waals surface area contributed by atoms with Crippen molar-refractivity contribution >= 4 is 17.6 Å². The molecule has 32 heavy (non-hydrogen) atoms. The van der Waals surface area contributed by atoms with Crippen LogP contribution in [-0.4, -0.2) is 41.6 Å². The Kier molecular flexibility index (Phi) is 8.21. The Morgan fingerprint density at radius 1 is 1.12 bits per heavy atom. The van der Waals surface area contributed by atoms with E-state index in [1.165, 1.54) is 13.0 Å². The van der Waals surface area contributed by atoms with Crippen molar-refractivity contribution in [3.8, 4) is 0 Å². The smallest absolute Gasteiger partial charge is 0.254 e. The van der Waals surface area contributed by atoms with E-state index in [0.717, 1.165) is 32.1 Å². The fraction of sp³-hybridized carbons (Fsp3) is 0.577. The number of amides is 2. The van der Waals surface area contributed by atoms with Gasteiger partial charge in [-0.3, -0.25) is 14.4 Å². The highest BCUT2D eigenvalue weighted by atomic mass is 19.1. The zero-order chi connectivity index (χ0) is 23.3. The number of ketones is 1. The van der Waals surface area contributed by atoms with Gasteiger partial charge in [0.2, 0.25) is 5.91 Å². The van der Waals surface area contributed by atoms with Gasteiger partial charge in [0.25, 0.3) is 5.91 Å². The number of piperidine rings is 1. The Balaban J connectivity index is 1.70. The van der Waals surface area contributed by atoms with Crippen molar-refractivity contribution in [3.63, 3.8) is 0 Å². The van der Waals surface area contributed by atoms with Crippen LogP contribution in [0.15, 0.2) is 30.4 Å². The quantitative estimate of drug-likeness (QED) is 0.619. The second-order valence-electron chi connectivity index (χ2n) is 9.19. The van der Waals surface area contributed by atoms with Gasteiger partial charge >= 0.3 is 0 Å². The molecule has 2 amide bonds. The topological polar surface area (TPSA) is 66.5 Å². The van der Waals surface area contributed by atoms with Crippen LogP contribution >= 0.6 is 0 Å².